The number of halogens is 1. The quantitative estimate of drug-likeness (QED) is 0.697. The minimum atomic E-state index is -0.378. The maximum atomic E-state index is 13.6. The number of hydrogen-bond acceptors (Lipinski definition) is 5. The van der Waals surface area contributed by atoms with Crippen LogP contribution in [0.15, 0.2) is 42.5 Å². The molecular weight excluding hydrogens is 351 g/mol. The fourth-order valence-corrected chi connectivity index (χ4v) is 2.77. The highest BCUT2D eigenvalue weighted by atomic mass is 19.1. The molecule has 138 valence electrons. The third kappa shape index (κ3) is 3.89. The molecule has 2 aromatic carbocycles. The third-order valence-electron chi connectivity index (χ3n) is 4.16. The van der Waals surface area contributed by atoms with Gasteiger partial charge in [0.2, 0.25) is 12.7 Å². The first-order chi connectivity index (χ1) is 13.2. The van der Waals surface area contributed by atoms with Gasteiger partial charge < -0.3 is 14.8 Å². The number of H-pyrrole nitrogens is 1. The van der Waals surface area contributed by atoms with Gasteiger partial charge >= 0.3 is 0 Å². The molecule has 3 aromatic rings. The Kier molecular flexibility index (Phi) is 4.69. The van der Waals surface area contributed by atoms with Gasteiger partial charge in [-0.25, -0.2) is 9.37 Å². The van der Waals surface area contributed by atoms with Crippen LogP contribution in [0.3, 0.4) is 0 Å². The Bertz CT molecular complexity index is 973. The molecule has 7 nitrogen and oxygen atoms in total. The van der Waals surface area contributed by atoms with Crippen LogP contribution in [0.2, 0.25) is 0 Å². The third-order valence-corrected chi connectivity index (χ3v) is 4.16. The molecule has 0 spiro atoms. The number of hydrogen-bond donors (Lipinski definition) is 2. The van der Waals surface area contributed by atoms with Gasteiger partial charge in [0.05, 0.1) is 6.42 Å². The maximum absolute atomic E-state index is 13.6. The topological polar surface area (TPSA) is 89.1 Å². The summed E-state index contributed by atoms with van der Waals surface area (Å²) in [5.41, 5.74) is 1.19. The SMILES string of the molecule is O=C(Cc1ccccc1F)NCCc1nc(-c2ccc3c(c2)OCO3)n[nH]1. The minimum Gasteiger partial charge on any atom is -0.454 e. The highest BCUT2D eigenvalue weighted by molar-refractivity contribution is 5.78. The summed E-state index contributed by atoms with van der Waals surface area (Å²) in [6.07, 6.45) is 0.492. The van der Waals surface area contributed by atoms with Crippen molar-refractivity contribution in [3.05, 3.63) is 59.7 Å². The fourth-order valence-electron chi connectivity index (χ4n) is 2.77. The molecule has 4 rings (SSSR count). The van der Waals surface area contributed by atoms with Crippen molar-refractivity contribution in [2.45, 2.75) is 12.8 Å². The molecule has 0 bridgehead atoms. The molecule has 2 N–H and O–H groups in total. The summed E-state index contributed by atoms with van der Waals surface area (Å²) in [6.45, 7) is 0.591. The van der Waals surface area contributed by atoms with Crippen LogP contribution < -0.4 is 14.8 Å². The van der Waals surface area contributed by atoms with E-state index in [1.165, 1.54) is 6.07 Å². The fraction of sp³-hybridized carbons (Fsp3) is 0.211. The van der Waals surface area contributed by atoms with Crippen LogP contribution in [0.4, 0.5) is 4.39 Å². The second-order valence-corrected chi connectivity index (χ2v) is 6.04. The van der Waals surface area contributed by atoms with Crippen LogP contribution >= 0.6 is 0 Å². The number of aromatic nitrogens is 3. The second-order valence-electron chi connectivity index (χ2n) is 6.04. The van der Waals surface area contributed by atoms with Gasteiger partial charge in [-0.1, -0.05) is 18.2 Å². The second kappa shape index (κ2) is 7.45. The van der Waals surface area contributed by atoms with E-state index in [1.807, 2.05) is 18.2 Å². The van der Waals surface area contributed by atoms with Gasteiger partial charge in [-0.2, -0.15) is 5.10 Å². The molecule has 0 saturated carbocycles. The van der Waals surface area contributed by atoms with Gasteiger partial charge in [-0.15, -0.1) is 0 Å². The maximum Gasteiger partial charge on any atom is 0.231 e. The van der Waals surface area contributed by atoms with Crippen molar-refractivity contribution in [2.24, 2.45) is 0 Å². The van der Waals surface area contributed by atoms with Crippen molar-refractivity contribution >= 4 is 5.91 Å². The summed E-state index contributed by atoms with van der Waals surface area (Å²) in [5, 5.41) is 9.81. The van der Waals surface area contributed by atoms with E-state index in [-0.39, 0.29) is 24.9 Å². The van der Waals surface area contributed by atoms with E-state index in [4.69, 9.17) is 9.47 Å². The number of ether oxygens (including phenoxy) is 2. The molecule has 0 fully saturated rings. The molecule has 1 amide bonds. The first-order valence-electron chi connectivity index (χ1n) is 8.50. The zero-order valence-electron chi connectivity index (χ0n) is 14.4. The van der Waals surface area contributed by atoms with Crippen molar-refractivity contribution in [1.29, 1.82) is 0 Å². The highest BCUT2D eigenvalue weighted by Crippen LogP contribution is 2.34. The van der Waals surface area contributed by atoms with E-state index in [0.29, 0.717) is 41.7 Å². The van der Waals surface area contributed by atoms with Crippen LogP contribution in [0.25, 0.3) is 11.4 Å². The summed E-state index contributed by atoms with van der Waals surface area (Å²) >= 11 is 0. The Morgan fingerprint density at radius 1 is 1.19 bits per heavy atom. The van der Waals surface area contributed by atoms with Crippen LogP contribution in [0.5, 0.6) is 11.5 Å². The molecular formula is C19H17FN4O3. The smallest absolute Gasteiger partial charge is 0.231 e. The lowest BCUT2D eigenvalue weighted by atomic mass is 10.1. The Hall–Kier alpha value is -3.42. The lowest BCUT2D eigenvalue weighted by molar-refractivity contribution is -0.120. The lowest BCUT2D eigenvalue weighted by Gasteiger charge is -2.05. The Balaban J connectivity index is 1.31. The average molecular weight is 368 g/mol. The zero-order chi connectivity index (χ0) is 18.6. The van der Waals surface area contributed by atoms with Crippen LogP contribution in [-0.4, -0.2) is 34.4 Å². The van der Waals surface area contributed by atoms with E-state index in [2.05, 4.69) is 20.5 Å². The van der Waals surface area contributed by atoms with E-state index < -0.39 is 0 Å². The minimum absolute atomic E-state index is 0.00548. The van der Waals surface area contributed by atoms with Gasteiger partial charge in [0.15, 0.2) is 17.3 Å². The largest absolute Gasteiger partial charge is 0.454 e. The predicted molar refractivity (Wildman–Crippen MR) is 94.8 cm³/mol. The first kappa shape index (κ1) is 17.0. The normalized spacial score (nSPS) is 12.2. The van der Waals surface area contributed by atoms with Crippen molar-refractivity contribution in [1.82, 2.24) is 20.5 Å². The van der Waals surface area contributed by atoms with Gasteiger partial charge in [0.25, 0.3) is 0 Å². The van der Waals surface area contributed by atoms with E-state index in [1.54, 1.807) is 18.2 Å². The molecule has 2 heterocycles. The van der Waals surface area contributed by atoms with Gasteiger partial charge in [-0.3, -0.25) is 9.89 Å². The number of nitrogens with one attached hydrogen (secondary N) is 2. The molecule has 8 heteroatoms. The Morgan fingerprint density at radius 2 is 2.04 bits per heavy atom. The summed E-state index contributed by atoms with van der Waals surface area (Å²) in [6, 6.07) is 11.7. The molecule has 0 atom stereocenters. The number of benzene rings is 2. The van der Waals surface area contributed by atoms with Crippen LogP contribution in [-0.2, 0) is 17.6 Å². The summed E-state index contributed by atoms with van der Waals surface area (Å²) in [5.74, 6) is 1.94. The summed E-state index contributed by atoms with van der Waals surface area (Å²) < 4.78 is 24.2. The van der Waals surface area contributed by atoms with Gasteiger partial charge in [0.1, 0.15) is 11.6 Å². The molecule has 1 aliphatic heterocycles. The molecule has 27 heavy (non-hydrogen) atoms. The molecule has 0 unspecified atom stereocenters. The predicted octanol–water partition coefficient (Wildman–Crippen LogP) is 2.24. The van der Waals surface area contributed by atoms with Crippen molar-refractivity contribution in [3.63, 3.8) is 0 Å². The highest BCUT2D eigenvalue weighted by Gasteiger charge is 2.16. The van der Waals surface area contributed by atoms with E-state index in [0.717, 1.165) is 5.56 Å². The summed E-state index contributed by atoms with van der Waals surface area (Å²) in [4.78, 5) is 16.4. The van der Waals surface area contributed by atoms with E-state index >= 15 is 0 Å². The molecule has 0 saturated heterocycles. The van der Waals surface area contributed by atoms with Gasteiger partial charge in [0, 0.05) is 18.5 Å². The monoisotopic (exact) mass is 368 g/mol. The molecule has 0 aliphatic carbocycles. The Morgan fingerprint density at radius 3 is 2.93 bits per heavy atom. The number of fused-ring (bicyclic) bond motifs is 1. The number of carbonyl (C=O) groups excluding carboxylic acids is 1. The lowest BCUT2D eigenvalue weighted by Crippen LogP contribution is -2.27. The van der Waals surface area contributed by atoms with Gasteiger partial charge in [-0.05, 0) is 29.8 Å². The molecule has 1 aromatic heterocycles. The average Bonchev–Trinajstić information content (AvgIpc) is 3.32. The van der Waals surface area contributed by atoms with Crippen LogP contribution in [0.1, 0.15) is 11.4 Å². The number of rotatable bonds is 6. The number of amides is 1. The summed E-state index contributed by atoms with van der Waals surface area (Å²) in [7, 11) is 0. The zero-order valence-corrected chi connectivity index (χ0v) is 14.4. The number of aromatic amines is 1. The van der Waals surface area contributed by atoms with Crippen LogP contribution in [0, 0.1) is 5.82 Å². The van der Waals surface area contributed by atoms with E-state index in [9.17, 15) is 9.18 Å². The molecule has 1 aliphatic rings. The number of carbonyl (C=O) groups is 1. The van der Waals surface area contributed by atoms with Crippen molar-refractivity contribution < 1.29 is 18.7 Å². The number of nitrogens with zero attached hydrogens (tertiary/aromatic N) is 2. The van der Waals surface area contributed by atoms with Crippen molar-refractivity contribution in [2.75, 3.05) is 13.3 Å². The molecule has 0 radical (unpaired) electrons. The van der Waals surface area contributed by atoms with Crippen molar-refractivity contribution in [3.8, 4) is 22.9 Å². The Labute approximate surface area is 154 Å². The first-order valence-corrected chi connectivity index (χ1v) is 8.50. The standard InChI is InChI=1S/C19H17FN4O3/c20-14-4-2-1-3-12(14)10-18(25)21-8-7-17-22-19(24-23-17)13-5-6-15-16(9-13)27-11-26-15/h1-6,9H,7-8,10-11H2,(H,21,25)(H,22,23,24).